The number of methoxy groups -OCH3 is 1. The monoisotopic (exact) mass is 335 g/mol. The molecule has 8 nitrogen and oxygen atoms in total. The average Bonchev–Trinajstić information content (AvgIpc) is 2.58. The molecule has 0 spiro atoms. The van der Waals surface area contributed by atoms with Crippen molar-refractivity contribution in [2.75, 3.05) is 33.4 Å². The largest absolute Gasteiger partial charge is 0.383 e. The number of hydrogen-bond acceptors (Lipinski definition) is 4. The van der Waals surface area contributed by atoms with Crippen molar-refractivity contribution in [2.45, 2.75) is 13.5 Å². The molecule has 8 heteroatoms. The molecule has 0 saturated carbocycles. The standard InChI is InChI=1S/C16H25N5O3/c1-3-18-16(19-8-9-24-2)21-10-12-4-6-13(7-5-12)15(23)20-11-14(17)22/h4-7H,3,8-11H2,1-2H3,(H2,17,22)(H,20,23)(H2,18,19,21). The summed E-state index contributed by atoms with van der Waals surface area (Å²) in [4.78, 5) is 26.9. The number of carbonyl (C=O) groups is 2. The minimum absolute atomic E-state index is 0.177. The van der Waals surface area contributed by atoms with Crippen LogP contribution in [0.15, 0.2) is 29.3 Å². The van der Waals surface area contributed by atoms with Gasteiger partial charge in [0.1, 0.15) is 0 Å². The van der Waals surface area contributed by atoms with Gasteiger partial charge in [-0.05, 0) is 24.6 Å². The van der Waals surface area contributed by atoms with Gasteiger partial charge in [0, 0.05) is 25.8 Å². The van der Waals surface area contributed by atoms with Crippen molar-refractivity contribution in [2.24, 2.45) is 10.7 Å². The second kappa shape index (κ2) is 11.0. The molecule has 0 heterocycles. The highest BCUT2D eigenvalue weighted by molar-refractivity contribution is 5.96. The van der Waals surface area contributed by atoms with Crippen molar-refractivity contribution in [1.29, 1.82) is 0 Å². The van der Waals surface area contributed by atoms with E-state index in [9.17, 15) is 9.59 Å². The molecule has 1 aromatic rings. The van der Waals surface area contributed by atoms with Gasteiger partial charge >= 0.3 is 0 Å². The first-order chi connectivity index (χ1) is 11.6. The van der Waals surface area contributed by atoms with Gasteiger partial charge in [0.2, 0.25) is 5.91 Å². The van der Waals surface area contributed by atoms with Crippen LogP contribution in [0.1, 0.15) is 22.8 Å². The molecule has 1 aromatic carbocycles. The van der Waals surface area contributed by atoms with Crippen molar-refractivity contribution in [3.05, 3.63) is 35.4 Å². The maximum atomic E-state index is 11.8. The zero-order chi connectivity index (χ0) is 17.8. The van der Waals surface area contributed by atoms with Crippen molar-refractivity contribution in [3.8, 4) is 0 Å². The van der Waals surface area contributed by atoms with Crippen LogP contribution in [0.2, 0.25) is 0 Å². The molecule has 5 N–H and O–H groups in total. The summed E-state index contributed by atoms with van der Waals surface area (Å²) in [5.41, 5.74) is 6.42. The van der Waals surface area contributed by atoms with Crippen molar-refractivity contribution in [1.82, 2.24) is 16.0 Å². The Morgan fingerprint density at radius 1 is 1.17 bits per heavy atom. The Labute approximate surface area is 141 Å². The van der Waals surface area contributed by atoms with E-state index in [2.05, 4.69) is 20.9 Å². The quantitative estimate of drug-likeness (QED) is 0.278. The number of ether oxygens (including phenoxy) is 1. The van der Waals surface area contributed by atoms with Gasteiger partial charge in [-0.1, -0.05) is 12.1 Å². The zero-order valence-corrected chi connectivity index (χ0v) is 14.1. The van der Waals surface area contributed by atoms with Crippen molar-refractivity contribution < 1.29 is 14.3 Å². The van der Waals surface area contributed by atoms with Gasteiger partial charge in [0.15, 0.2) is 5.96 Å². The van der Waals surface area contributed by atoms with E-state index < -0.39 is 5.91 Å². The lowest BCUT2D eigenvalue weighted by molar-refractivity contribution is -0.117. The van der Waals surface area contributed by atoms with E-state index in [1.54, 1.807) is 19.2 Å². The van der Waals surface area contributed by atoms with Gasteiger partial charge in [-0.2, -0.15) is 0 Å². The molecule has 0 aromatic heterocycles. The molecule has 0 fully saturated rings. The Kier molecular flexibility index (Phi) is 8.91. The van der Waals surface area contributed by atoms with Crippen LogP contribution in [0.5, 0.6) is 0 Å². The van der Waals surface area contributed by atoms with Crippen LogP contribution in [0.4, 0.5) is 0 Å². The Bertz CT molecular complexity index is 557. The predicted octanol–water partition coefficient (Wildman–Crippen LogP) is -0.397. The Morgan fingerprint density at radius 3 is 2.46 bits per heavy atom. The number of amides is 2. The molecule has 0 saturated heterocycles. The van der Waals surface area contributed by atoms with Crippen LogP contribution in [0, 0.1) is 0 Å². The van der Waals surface area contributed by atoms with Crippen LogP contribution in [0.25, 0.3) is 0 Å². The van der Waals surface area contributed by atoms with Crippen LogP contribution >= 0.6 is 0 Å². The molecule has 0 unspecified atom stereocenters. The topological polar surface area (TPSA) is 118 Å². The molecular formula is C16H25N5O3. The molecule has 0 aliphatic heterocycles. The molecule has 0 aliphatic rings. The summed E-state index contributed by atoms with van der Waals surface area (Å²) < 4.78 is 4.99. The maximum absolute atomic E-state index is 11.8. The van der Waals surface area contributed by atoms with E-state index in [1.807, 2.05) is 19.1 Å². The predicted molar refractivity (Wildman–Crippen MR) is 92.7 cm³/mol. The molecular weight excluding hydrogens is 310 g/mol. The third-order valence-corrected chi connectivity index (χ3v) is 3.00. The Hall–Kier alpha value is -2.61. The molecule has 2 amide bonds. The van der Waals surface area contributed by atoms with Crippen molar-refractivity contribution >= 4 is 17.8 Å². The summed E-state index contributed by atoms with van der Waals surface area (Å²) in [7, 11) is 1.65. The van der Waals surface area contributed by atoms with Gasteiger partial charge in [-0.3, -0.25) is 9.59 Å². The number of nitrogens with one attached hydrogen (secondary N) is 3. The summed E-state index contributed by atoms with van der Waals surface area (Å²) in [6.07, 6.45) is 0. The number of nitrogens with two attached hydrogens (primary N) is 1. The lowest BCUT2D eigenvalue weighted by atomic mass is 10.1. The van der Waals surface area contributed by atoms with Gasteiger partial charge in [-0.25, -0.2) is 4.99 Å². The van der Waals surface area contributed by atoms with E-state index in [0.29, 0.717) is 31.2 Å². The first-order valence-electron chi connectivity index (χ1n) is 7.73. The number of hydrogen-bond donors (Lipinski definition) is 4. The second-order valence-electron chi connectivity index (χ2n) is 4.96. The number of rotatable bonds is 9. The minimum atomic E-state index is -0.578. The Morgan fingerprint density at radius 2 is 1.88 bits per heavy atom. The lowest BCUT2D eigenvalue weighted by Crippen LogP contribution is -2.38. The summed E-state index contributed by atoms with van der Waals surface area (Å²) in [5, 5.41) is 8.74. The maximum Gasteiger partial charge on any atom is 0.251 e. The molecule has 0 atom stereocenters. The van der Waals surface area contributed by atoms with E-state index in [-0.39, 0.29) is 12.5 Å². The van der Waals surface area contributed by atoms with E-state index in [1.165, 1.54) is 0 Å². The SMILES string of the molecule is CCNC(=NCc1ccc(C(=O)NCC(N)=O)cc1)NCCOC. The van der Waals surface area contributed by atoms with Crippen LogP contribution in [-0.4, -0.2) is 51.1 Å². The molecule has 0 bridgehead atoms. The highest BCUT2D eigenvalue weighted by atomic mass is 16.5. The number of primary amides is 1. The molecule has 0 radical (unpaired) electrons. The van der Waals surface area contributed by atoms with E-state index >= 15 is 0 Å². The van der Waals surface area contributed by atoms with Crippen LogP contribution in [-0.2, 0) is 16.1 Å². The number of guanidine groups is 1. The van der Waals surface area contributed by atoms with Gasteiger partial charge in [-0.15, -0.1) is 0 Å². The highest BCUT2D eigenvalue weighted by Gasteiger charge is 2.06. The second-order valence-corrected chi connectivity index (χ2v) is 4.96. The summed E-state index contributed by atoms with van der Waals surface area (Å²) in [6.45, 7) is 4.32. The first-order valence-corrected chi connectivity index (χ1v) is 7.73. The smallest absolute Gasteiger partial charge is 0.251 e. The number of benzene rings is 1. The first kappa shape index (κ1) is 19.4. The number of aliphatic imine (C=N–C) groups is 1. The third kappa shape index (κ3) is 7.59. The molecule has 0 aliphatic carbocycles. The summed E-state index contributed by atoms with van der Waals surface area (Å²) in [6, 6.07) is 7.02. The fraction of sp³-hybridized carbons (Fsp3) is 0.438. The number of nitrogens with zero attached hydrogens (tertiary/aromatic N) is 1. The zero-order valence-electron chi connectivity index (χ0n) is 14.1. The highest BCUT2D eigenvalue weighted by Crippen LogP contribution is 2.05. The van der Waals surface area contributed by atoms with Gasteiger partial charge in [0.05, 0.1) is 19.7 Å². The minimum Gasteiger partial charge on any atom is -0.383 e. The molecule has 1 rings (SSSR count). The van der Waals surface area contributed by atoms with Crippen LogP contribution in [0.3, 0.4) is 0 Å². The van der Waals surface area contributed by atoms with E-state index in [4.69, 9.17) is 10.5 Å². The average molecular weight is 335 g/mol. The molecule has 132 valence electrons. The summed E-state index contributed by atoms with van der Waals surface area (Å²) >= 11 is 0. The van der Waals surface area contributed by atoms with Gasteiger partial charge < -0.3 is 26.4 Å². The van der Waals surface area contributed by atoms with E-state index in [0.717, 1.165) is 12.1 Å². The third-order valence-electron chi connectivity index (χ3n) is 3.00. The fourth-order valence-corrected chi connectivity index (χ4v) is 1.81. The Balaban J connectivity index is 2.59. The fourth-order valence-electron chi connectivity index (χ4n) is 1.81. The lowest BCUT2D eigenvalue weighted by Gasteiger charge is -2.10. The normalized spacial score (nSPS) is 11.0. The van der Waals surface area contributed by atoms with Crippen LogP contribution < -0.4 is 21.7 Å². The number of carbonyl (C=O) groups excluding carboxylic acids is 2. The molecule has 24 heavy (non-hydrogen) atoms. The van der Waals surface area contributed by atoms with Gasteiger partial charge in [0.25, 0.3) is 5.91 Å². The summed E-state index contributed by atoms with van der Waals surface area (Å²) in [5.74, 6) is -0.206. The van der Waals surface area contributed by atoms with Crippen molar-refractivity contribution in [3.63, 3.8) is 0 Å².